The van der Waals surface area contributed by atoms with Crippen molar-refractivity contribution in [3.8, 4) is 0 Å². The van der Waals surface area contributed by atoms with Crippen molar-refractivity contribution in [3.05, 3.63) is 64.9 Å². The van der Waals surface area contributed by atoms with E-state index in [1.54, 1.807) is 0 Å². The van der Waals surface area contributed by atoms with Crippen LogP contribution in [0.15, 0.2) is 48.5 Å². The second-order valence-electron chi connectivity index (χ2n) is 6.65. The lowest BCUT2D eigenvalue weighted by Crippen LogP contribution is -2.32. The van der Waals surface area contributed by atoms with E-state index >= 15 is 0 Å². The highest BCUT2D eigenvalue weighted by Gasteiger charge is 2.19. The Hall–Kier alpha value is -2.12. The molecule has 0 saturated heterocycles. The molecular weight excluding hydrogens is 403 g/mol. The molecule has 0 heterocycles. The zero-order valence-electron chi connectivity index (χ0n) is 15.9. The number of amides is 1. The number of nitrogens with one attached hydrogen (secondary N) is 1. The second kappa shape index (κ2) is 9.89. The molecule has 0 saturated carbocycles. The molecule has 0 radical (unpaired) electrons. The lowest BCUT2D eigenvalue weighted by molar-refractivity contribution is -0.121. The molecule has 5 nitrogen and oxygen atoms in total. The Morgan fingerprint density at radius 2 is 1.89 bits per heavy atom. The van der Waals surface area contributed by atoms with Gasteiger partial charge in [0.1, 0.15) is 5.82 Å². The fraction of sp³-hybridized carbons (Fsp3) is 0.350. The monoisotopic (exact) mass is 426 g/mol. The average Bonchev–Trinajstić information content (AvgIpc) is 2.65. The first-order chi connectivity index (χ1) is 13.2. The Morgan fingerprint density at radius 3 is 2.50 bits per heavy atom. The molecule has 0 fully saturated rings. The summed E-state index contributed by atoms with van der Waals surface area (Å²) < 4.78 is 38.6. The van der Waals surface area contributed by atoms with Crippen molar-refractivity contribution < 1.29 is 17.6 Å². The number of rotatable bonds is 9. The summed E-state index contributed by atoms with van der Waals surface area (Å²) in [4.78, 5) is 12.1. The highest BCUT2D eigenvalue weighted by molar-refractivity contribution is 7.92. The minimum absolute atomic E-state index is 0.0997. The summed E-state index contributed by atoms with van der Waals surface area (Å²) in [5, 5.41) is 2.72. The number of hydrogen-bond acceptors (Lipinski definition) is 3. The lowest BCUT2D eigenvalue weighted by Gasteiger charge is -2.22. The van der Waals surface area contributed by atoms with Gasteiger partial charge in [0.25, 0.3) is 0 Å². The van der Waals surface area contributed by atoms with Crippen LogP contribution in [0.3, 0.4) is 0 Å². The number of anilines is 1. The van der Waals surface area contributed by atoms with Gasteiger partial charge in [0.05, 0.1) is 17.0 Å². The SMILES string of the molecule is C[C@@H](CNC(=O)CCCN(c1ccc(F)c(Cl)c1)S(C)(=O)=O)c1ccccc1. The molecule has 2 aromatic rings. The Labute approximate surface area is 170 Å². The van der Waals surface area contributed by atoms with Crippen LogP contribution in [0, 0.1) is 5.82 Å². The molecule has 0 bridgehead atoms. The van der Waals surface area contributed by atoms with E-state index in [2.05, 4.69) is 5.32 Å². The number of nitrogens with zero attached hydrogens (tertiary/aromatic N) is 1. The summed E-state index contributed by atoms with van der Waals surface area (Å²) in [6.45, 7) is 2.63. The normalized spacial score (nSPS) is 12.4. The largest absolute Gasteiger partial charge is 0.356 e. The van der Waals surface area contributed by atoms with Gasteiger partial charge in [0, 0.05) is 19.5 Å². The number of carbonyl (C=O) groups excluding carboxylic acids is 1. The van der Waals surface area contributed by atoms with Crippen molar-refractivity contribution in [2.24, 2.45) is 0 Å². The summed E-state index contributed by atoms with van der Waals surface area (Å²) in [7, 11) is -3.59. The van der Waals surface area contributed by atoms with Crippen LogP contribution in [0.1, 0.15) is 31.2 Å². The molecule has 28 heavy (non-hydrogen) atoms. The average molecular weight is 427 g/mol. The van der Waals surface area contributed by atoms with Crippen LogP contribution in [0.25, 0.3) is 0 Å². The van der Waals surface area contributed by atoms with E-state index in [0.29, 0.717) is 13.0 Å². The van der Waals surface area contributed by atoms with E-state index in [1.165, 1.54) is 12.1 Å². The first kappa shape index (κ1) is 22.2. The van der Waals surface area contributed by atoms with Crippen molar-refractivity contribution in [1.82, 2.24) is 5.32 Å². The van der Waals surface area contributed by atoms with Crippen molar-refractivity contribution >= 4 is 33.2 Å². The Kier molecular flexibility index (Phi) is 7.83. The summed E-state index contributed by atoms with van der Waals surface area (Å²) >= 11 is 5.75. The molecule has 8 heteroatoms. The van der Waals surface area contributed by atoms with Gasteiger partial charge in [-0.1, -0.05) is 48.9 Å². The van der Waals surface area contributed by atoms with E-state index in [1.807, 2.05) is 37.3 Å². The van der Waals surface area contributed by atoms with E-state index in [4.69, 9.17) is 11.6 Å². The van der Waals surface area contributed by atoms with Gasteiger partial charge in [-0.05, 0) is 36.1 Å². The molecule has 1 amide bonds. The fourth-order valence-corrected chi connectivity index (χ4v) is 3.90. The van der Waals surface area contributed by atoms with Gasteiger partial charge in [-0.2, -0.15) is 0 Å². The highest BCUT2D eigenvalue weighted by atomic mass is 35.5. The topological polar surface area (TPSA) is 66.5 Å². The third-order valence-electron chi connectivity index (χ3n) is 4.33. The van der Waals surface area contributed by atoms with Crippen molar-refractivity contribution in [2.45, 2.75) is 25.7 Å². The standard InChI is InChI=1S/C20H24ClFN2O3S/c1-15(16-7-4-3-5-8-16)14-23-20(25)9-6-12-24(28(2,26)27)17-10-11-19(22)18(21)13-17/h3-5,7-8,10-11,13,15H,6,9,12,14H2,1-2H3,(H,23,25)/t15-/m0/s1. The predicted octanol–water partition coefficient (Wildman–Crippen LogP) is 3.95. The molecule has 1 atom stereocenters. The second-order valence-corrected chi connectivity index (χ2v) is 8.97. The quantitative estimate of drug-likeness (QED) is 0.660. The van der Waals surface area contributed by atoms with Gasteiger partial charge in [0.15, 0.2) is 0 Å². The fourth-order valence-electron chi connectivity index (χ4n) is 2.76. The van der Waals surface area contributed by atoms with Gasteiger partial charge >= 0.3 is 0 Å². The number of benzene rings is 2. The molecule has 2 aromatic carbocycles. The summed E-state index contributed by atoms with van der Waals surface area (Å²) in [5.74, 6) is -0.585. The Balaban J connectivity index is 1.88. The van der Waals surface area contributed by atoms with Gasteiger partial charge in [-0.15, -0.1) is 0 Å². The van der Waals surface area contributed by atoms with Gasteiger partial charge in [-0.3, -0.25) is 9.10 Å². The van der Waals surface area contributed by atoms with Crippen LogP contribution in [0.4, 0.5) is 10.1 Å². The zero-order valence-corrected chi connectivity index (χ0v) is 17.4. The summed E-state index contributed by atoms with van der Waals surface area (Å²) in [5.41, 5.74) is 1.41. The van der Waals surface area contributed by atoms with E-state index in [-0.39, 0.29) is 35.5 Å². The van der Waals surface area contributed by atoms with Crippen LogP contribution in [-0.4, -0.2) is 33.7 Å². The summed E-state index contributed by atoms with van der Waals surface area (Å²) in [6.07, 6.45) is 1.57. The number of hydrogen-bond donors (Lipinski definition) is 1. The highest BCUT2D eigenvalue weighted by Crippen LogP contribution is 2.24. The third kappa shape index (κ3) is 6.49. The molecule has 1 N–H and O–H groups in total. The number of halogens is 2. The minimum Gasteiger partial charge on any atom is -0.356 e. The lowest BCUT2D eigenvalue weighted by atomic mass is 10.0. The maximum atomic E-state index is 13.3. The van der Waals surface area contributed by atoms with Crippen LogP contribution >= 0.6 is 11.6 Å². The first-order valence-corrected chi connectivity index (χ1v) is 11.2. The van der Waals surface area contributed by atoms with Crippen molar-refractivity contribution in [1.29, 1.82) is 0 Å². The van der Waals surface area contributed by atoms with Gasteiger partial charge in [-0.25, -0.2) is 12.8 Å². The van der Waals surface area contributed by atoms with E-state index in [0.717, 1.165) is 22.2 Å². The van der Waals surface area contributed by atoms with Crippen molar-refractivity contribution in [3.63, 3.8) is 0 Å². The number of sulfonamides is 1. The van der Waals surface area contributed by atoms with Crippen LogP contribution in [0.5, 0.6) is 0 Å². The van der Waals surface area contributed by atoms with E-state index in [9.17, 15) is 17.6 Å². The molecule has 0 unspecified atom stereocenters. The zero-order chi connectivity index (χ0) is 20.7. The van der Waals surface area contributed by atoms with Crippen molar-refractivity contribution in [2.75, 3.05) is 23.7 Å². The van der Waals surface area contributed by atoms with Crippen LogP contribution in [0.2, 0.25) is 5.02 Å². The molecule has 0 aliphatic rings. The van der Waals surface area contributed by atoms with Gasteiger partial charge < -0.3 is 5.32 Å². The van der Waals surface area contributed by atoms with Crippen LogP contribution in [-0.2, 0) is 14.8 Å². The Morgan fingerprint density at radius 1 is 1.21 bits per heavy atom. The molecule has 2 rings (SSSR count). The molecule has 0 aliphatic heterocycles. The smallest absolute Gasteiger partial charge is 0.232 e. The predicted molar refractivity (Wildman–Crippen MR) is 111 cm³/mol. The molecule has 0 aliphatic carbocycles. The van der Waals surface area contributed by atoms with Crippen LogP contribution < -0.4 is 9.62 Å². The first-order valence-electron chi connectivity index (χ1n) is 8.93. The minimum atomic E-state index is -3.59. The molecule has 0 aromatic heterocycles. The third-order valence-corrected chi connectivity index (χ3v) is 5.81. The molecule has 0 spiro atoms. The molecular formula is C20H24ClFN2O3S. The molecule has 152 valence electrons. The van der Waals surface area contributed by atoms with E-state index < -0.39 is 15.8 Å². The number of carbonyl (C=O) groups is 1. The summed E-state index contributed by atoms with van der Waals surface area (Å²) in [6, 6.07) is 13.6. The van der Waals surface area contributed by atoms with Gasteiger partial charge in [0.2, 0.25) is 15.9 Å². The maximum absolute atomic E-state index is 13.3. The Bertz CT molecular complexity index is 907. The maximum Gasteiger partial charge on any atom is 0.232 e.